The van der Waals surface area contributed by atoms with Gasteiger partial charge in [-0.1, -0.05) is 17.8 Å². The average molecular weight is 341 g/mol. The molecule has 0 saturated carbocycles. The van der Waals surface area contributed by atoms with E-state index in [1.165, 1.54) is 10.5 Å². The van der Waals surface area contributed by atoms with Crippen LogP contribution in [0.2, 0.25) is 0 Å². The predicted octanol–water partition coefficient (Wildman–Crippen LogP) is 1.70. The molecule has 0 unspecified atom stereocenters. The first kappa shape index (κ1) is 15.2. The number of fused-ring (bicyclic) bond motifs is 2. The fourth-order valence-corrected chi connectivity index (χ4v) is 3.86. The molecule has 1 fully saturated rings. The number of rotatable bonds is 2. The van der Waals surface area contributed by atoms with Crippen molar-refractivity contribution in [3.63, 3.8) is 0 Å². The summed E-state index contributed by atoms with van der Waals surface area (Å²) in [5.74, 6) is 0.992. The fraction of sp³-hybridized carbons (Fsp3) is 0.312. The molecule has 3 heterocycles. The highest BCUT2D eigenvalue weighted by molar-refractivity contribution is 7.99. The van der Waals surface area contributed by atoms with Gasteiger partial charge in [-0.2, -0.15) is 0 Å². The first-order valence-corrected chi connectivity index (χ1v) is 8.71. The van der Waals surface area contributed by atoms with Crippen molar-refractivity contribution < 1.29 is 0 Å². The van der Waals surface area contributed by atoms with Crippen LogP contribution in [0.1, 0.15) is 5.56 Å². The molecule has 2 aromatic rings. The molecule has 8 heteroatoms. The number of benzene rings is 1. The molecule has 2 aliphatic rings. The summed E-state index contributed by atoms with van der Waals surface area (Å²) in [6.07, 6.45) is 3.42. The first-order valence-electron chi connectivity index (χ1n) is 7.89. The molecule has 0 bridgehead atoms. The Labute approximate surface area is 144 Å². The molecular formula is C16H19N7S. The van der Waals surface area contributed by atoms with Crippen LogP contribution in [0.25, 0.3) is 0 Å². The molecule has 1 saturated heterocycles. The molecule has 1 aromatic carbocycles. The number of nitrogens with one attached hydrogen (secondary N) is 2. The lowest BCUT2D eigenvalue weighted by atomic mass is 10.1. The van der Waals surface area contributed by atoms with Gasteiger partial charge in [0.25, 0.3) is 0 Å². The van der Waals surface area contributed by atoms with Crippen molar-refractivity contribution in [2.45, 2.75) is 16.5 Å². The van der Waals surface area contributed by atoms with Gasteiger partial charge in [0.05, 0.1) is 5.69 Å². The number of anilines is 2. The number of guanidine groups is 1. The van der Waals surface area contributed by atoms with Crippen LogP contribution in [-0.2, 0) is 6.54 Å². The van der Waals surface area contributed by atoms with Crippen molar-refractivity contribution in [1.29, 1.82) is 5.41 Å². The molecule has 0 amide bonds. The molecule has 4 N–H and O–H groups in total. The third-order valence-corrected chi connectivity index (χ3v) is 5.36. The topological polar surface area (TPSA) is 94.2 Å². The molecule has 4 rings (SSSR count). The molecule has 0 spiro atoms. The van der Waals surface area contributed by atoms with Gasteiger partial charge in [-0.25, -0.2) is 9.97 Å². The van der Waals surface area contributed by atoms with Crippen LogP contribution in [0.4, 0.5) is 11.5 Å². The molecule has 7 nitrogen and oxygen atoms in total. The number of nitrogens with two attached hydrogens (primary N) is 1. The molecule has 2 aliphatic heterocycles. The van der Waals surface area contributed by atoms with E-state index in [2.05, 4.69) is 38.4 Å². The third-order valence-electron chi connectivity index (χ3n) is 4.29. The van der Waals surface area contributed by atoms with Crippen LogP contribution in [-0.4, -0.2) is 51.9 Å². The normalized spacial score (nSPS) is 16.9. The van der Waals surface area contributed by atoms with E-state index in [0.29, 0.717) is 0 Å². The van der Waals surface area contributed by atoms with Gasteiger partial charge in [0.2, 0.25) is 0 Å². The molecular weight excluding hydrogens is 322 g/mol. The van der Waals surface area contributed by atoms with Crippen LogP contribution < -0.4 is 11.1 Å². The van der Waals surface area contributed by atoms with Gasteiger partial charge in [0.15, 0.2) is 11.8 Å². The lowest BCUT2D eigenvalue weighted by molar-refractivity contribution is 0.174. The maximum Gasteiger partial charge on any atom is 0.188 e. The van der Waals surface area contributed by atoms with Crippen molar-refractivity contribution in [1.82, 2.24) is 19.8 Å². The van der Waals surface area contributed by atoms with E-state index in [4.69, 9.17) is 11.1 Å². The molecule has 0 radical (unpaired) electrons. The Balaban J connectivity index is 1.45. The Bertz CT molecular complexity index is 771. The Kier molecular flexibility index (Phi) is 3.99. The van der Waals surface area contributed by atoms with Gasteiger partial charge in [-0.15, -0.1) is 0 Å². The van der Waals surface area contributed by atoms with Gasteiger partial charge < -0.3 is 16.0 Å². The lowest BCUT2D eigenvalue weighted by Gasteiger charge is -2.35. The van der Waals surface area contributed by atoms with Crippen molar-refractivity contribution in [3.8, 4) is 0 Å². The zero-order valence-electron chi connectivity index (χ0n) is 13.2. The van der Waals surface area contributed by atoms with E-state index in [-0.39, 0.29) is 5.96 Å². The van der Waals surface area contributed by atoms with Crippen LogP contribution in [0.15, 0.2) is 40.5 Å². The van der Waals surface area contributed by atoms with Crippen LogP contribution >= 0.6 is 11.8 Å². The summed E-state index contributed by atoms with van der Waals surface area (Å²) in [5.41, 5.74) is 7.91. The summed E-state index contributed by atoms with van der Waals surface area (Å²) in [6.45, 7) is 4.38. The molecule has 0 aliphatic carbocycles. The van der Waals surface area contributed by atoms with Crippen LogP contribution in [0.5, 0.6) is 0 Å². The van der Waals surface area contributed by atoms with E-state index >= 15 is 0 Å². The number of aromatic nitrogens is 2. The highest BCUT2D eigenvalue weighted by Gasteiger charge is 2.20. The summed E-state index contributed by atoms with van der Waals surface area (Å²) in [4.78, 5) is 14.2. The maximum absolute atomic E-state index is 7.50. The van der Waals surface area contributed by atoms with Crippen molar-refractivity contribution in [2.24, 2.45) is 5.73 Å². The van der Waals surface area contributed by atoms with Gasteiger partial charge in [-0.05, 0) is 17.7 Å². The zero-order valence-corrected chi connectivity index (χ0v) is 14.0. The molecule has 1 aromatic heterocycles. The highest BCUT2D eigenvalue weighted by atomic mass is 32.2. The van der Waals surface area contributed by atoms with E-state index in [9.17, 15) is 0 Å². The third kappa shape index (κ3) is 3.02. The molecule has 124 valence electrons. The van der Waals surface area contributed by atoms with Crippen molar-refractivity contribution in [2.75, 3.05) is 31.5 Å². The van der Waals surface area contributed by atoms with Crippen molar-refractivity contribution in [3.05, 3.63) is 36.2 Å². The second-order valence-electron chi connectivity index (χ2n) is 5.92. The standard InChI is InChI=1S/C16H19N7S/c17-16(18)23-7-5-22(6-8-23)10-11-1-2-13-12(9-11)21-14-15(24-13)20-4-3-19-14/h1-4,9H,5-8,10H2,(H3,17,18)(H,19,21). The Morgan fingerprint density at radius 1 is 1.21 bits per heavy atom. The minimum absolute atomic E-state index is 0.171. The summed E-state index contributed by atoms with van der Waals surface area (Å²) < 4.78 is 0. The largest absolute Gasteiger partial charge is 0.370 e. The van der Waals surface area contributed by atoms with E-state index < -0.39 is 0 Å². The van der Waals surface area contributed by atoms with Gasteiger partial charge in [0.1, 0.15) is 5.03 Å². The predicted molar refractivity (Wildman–Crippen MR) is 94.6 cm³/mol. The second-order valence-corrected chi connectivity index (χ2v) is 6.95. The number of nitrogens with zero attached hydrogens (tertiary/aromatic N) is 4. The summed E-state index contributed by atoms with van der Waals surface area (Å²) in [7, 11) is 0. The minimum atomic E-state index is 0.171. The molecule has 0 atom stereocenters. The zero-order chi connectivity index (χ0) is 16.5. The first-order chi connectivity index (χ1) is 11.7. The van der Waals surface area contributed by atoms with E-state index in [1.807, 2.05) is 4.90 Å². The number of piperazine rings is 1. The highest BCUT2D eigenvalue weighted by Crippen LogP contribution is 2.42. The summed E-state index contributed by atoms with van der Waals surface area (Å²) in [5, 5.41) is 11.8. The van der Waals surface area contributed by atoms with E-state index in [0.717, 1.165) is 49.3 Å². The Hall–Kier alpha value is -2.32. The van der Waals surface area contributed by atoms with E-state index in [1.54, 1.807) is 24.2 Å². The SMILES string of the molecule is N=C(N)N1CCN(Cc2ccc3c(c2)Nc2nccnc2S3)CC1. The number of hydrogen-bond acceptors (Lipinski definition) is 6. The summed E-state index contributed by atoms with van der Waals surface area (Å²) >= 11 is 1.65. The smallest absolute Gasteiger partial charge is 0.188 e. The lowest BCUT2D eigenvalue weighted by Crippen LogP contribution is -2.50. The Morgan fingerprint density at radius 3 is 2.79 bits per heavy atom. The quantitative estimate of drug-likeness (QED) is 0.482. The minimum Gasteiger partial charge on any atom is -0.370 e. The molecule has 24 heavy (non-hydrogen) atoms. The van der Waals surface area contributed by atoms with Gasteiger partial charge in [0, 0.05) is 50.0 Å². The van der Waals surface area contributed by atoms with Crippen molar-refractivity contribution >= 4 is 29.2 Å². The summed E-state index contributed by atoms with van der Waals surface area (Å²) in [6, 6.07) is 6.51. The van der Waals surface area contributed by atoms with Gasteiger partial charge in [-0.3, -0.25) is 10.3 Å². The van der Waals surface area contributed by atoms with Crippen LogP contribution in [0, 0.1) is 5.41 Å². The monoisotopic (exact) mass is 341 g/mol. The maximum atomic E-state index is 7.50. The average Bonchev–Trinajstić information content (AvgIpc) is 2.60. The number of hydrogen-bond donors (Lipinski definition) is 3. The second kappa shape index (κ2) is 6.29. The Morgan fingerprint density at radius 2 is 2.00 bits per heavy atom. The fourth-order valence-electron chi connectivity index (χ4n) is 2.98. The van der Waals surface area contributed by atoms with Gasteiger partial charge >= 0.3 is 0 Å². The van der Waals surface area contributed by atoms with Crippen LogP contribution in [0.3, 0.4) is 0 Å².